The van der Waals surface area contributed by atoms with Crippen LogP contribution >= 0.6 is 0 Å². The smallest absolute Gasteiger partial charge is 0.258 e. The lowest BCUT2D eigenvalue weighted by Gasteiger charge is -2.38. The topological polar surface area (TPSA) is 99.0 Å². The molecule has 0 bridgehead atoms. The Balaban J connectivity index is 1.40. The van der Waals surface area contributed by atoms with Crippen LogP contribution in [-0.4, -0.2) is 101 Å². The summed E-state index contributed by atoms with van der Waals surface area (Å²) in [5, 5.41) is 13.9. The number of methoxy groups -OCH3 is 1. The van der Waals surface area contributed by atoms with Gasteiger partial charge in [-0.15, -0.1) is 0 Å². The molecule has 0 atom stereocenters. The van der Waals surface area contributed by atoms with E-state index in [0.29, 0.717) is 34.7 Å². The molecule has 2 aromatic carbocycles. The summed E-state index contributed by atoms with van der Waals surface area (Å²) in [7, 11) is 8.08. The molecular weight excluding hydrogens is 566 g/mol. The number of para-hydroxylation sites is 1. The van der Waals surface area contributed by atoms with Gasteiger partial charge in [-0.2, -0.15) is 0 Å². The lowest BCUT2D eigenvalue weighted by Crippen LogP contribution is -2.45. The van der Waals surface area contributed by atoms with E-state index in [1.807, 2.05) is 41.8 Å². The van der Waals surface area contributed by atoms with E-state index in [4.69, 9.17) is 9.72 Å². The number of aryl methyl sites for hydroxylation is 1. The highest BCUT2D eigenvalue weighted by atomic mass is 16.5. The SMILES string of the molecule is COc1ccccc1-c1cc(C(=O)Nc2nc3ccc(N4CCC(N(C)CCN(C)C)CC4)cc3n2CC(C)(C)O)cc(C)n1. The third-order valence-corrected chi connectivity index (χ3v) is 8.45. The van der Waals surface area contributed by atoms with E-state index in [-0.39, 0.29) is 12.5 Å². The molecule has 240 valence electrons. The number of likely N-dealkylation sites (N-methyl/N-ethyl adjacent to an activating group) is 2. The van der Waals surface area contributed by atoms with Crippen molar-refractivity contribution in [2.75, 3.05) is 64.6 Å². The fraction of sp³-hybridized carbons (Fsp3) is 0.457. The molecule has 5 rings (SSSR count). The van der Waals surface area contributed by atoms with Crippen LogP contribution in [0.1, 0.15) is 42.7 Å². The number of benzene rings is 2. The number of ether oxygens (including phenoxy) is 1. The zero-order valence-electron chi connectivity index (χ0n) is 27.7. The van der Waals surface area contributed by atoms with E-state index in [9.17, 15) is 9.90 Å². The molecule has 0 unspecified atom stereocenters. The van der Waals surface area contributed by atoms with Gasteiger partial charge in [-0.25, -0.2) is 4.98 Å². The minimum Gasteiger partial charge on any atom is -0.496 e. The highest BCUT2D eigenvalue weighted by molar-refractivity contribution is 6.05. The number of hydrogen-bond acceptors (Lipinski definition) is 8. The van der Waals surface area contributed by atoms with Crippen molar-refractivity contribution in [3.05, 3.63) is 65.9 Å². The van der Waals surface area contributed by atoms with Crippen LogP contribution in [0.25, 0.3) is 22.3 Å². The van der Waals surface area contributed by atoms with Crippen LogP contribution in [0.4, 0.5) is 11.6 Å². The Bertz CT molecular complexity index is 1630. The zero-order valence-corrected chi connectivity index (χ0v) is 27.7. The highest BCUT2D eigenvalue weighted by Crippen LogP contribution is 2.31. The lowest BCUT2D eigenvalue weighted by atomic mass is 10.0. The summed E-state index contributed by atoms with van der Waals surface area (Å²) in [6, 6.07) is 18.0. The minimum absolute atomic E-state index is 0.267. The summed E-state index contributed by atoms with van der Waals surface area (Å²) >= 11 is 0. The Morgan fingerprint density at radius 2 is 1.78 bits per heavy atom. The van der Waals surface area contributed by atoms with Gasteiger partial charge in [-0.05, 0) is 97.2 Å². The molecule has 0 aliphatic carbocycles. The molecule has 4 aromatic rings. The molecule has 0 saturated carbocycles. The number of carbonyl (C=O) groups excluding carboxylic acids is 1. The standard InChI is InChI=1S/C35H47N7O3/c1-24-20-25(21-30(36-24)28-10-8-9-11-32(28)45-7)33(43)38-34-37-29-13-12-27(22-31(29)42(34)23-35(2,3)44)41-16-14-26(15-17-41)40(6)19-18-39(4)5/h8-13,20-22,26,44H,14-19,23H2,1-7H3,(H,37,38,43). The number of amides is 1. The lowest BCUT2D eigenvalue weighted by molar-refractivity contribution is 0.0630. The molecule has 0 spiro atoms. The second kappa shape index (κ2) is 13.6. The molecule has 1 fully saturated rings. The van der Waals surface area contributed by atoms with E-state index in [1.165, 1.54) is 0 Å². The number of nitrogens with one attached hydrogen (secondary N) is 1. The quantitative estimate of drug-likeness (QED) is 0.247. The Labute approximate surface area is 266 Å². The molecule has 1 saturated heterocycles. The number of fused-ring (bicyclic) bond motifs is 1. The van der Waals surface area contributed by atoms with Crippen molar-refractivity contribution in [2.24, 2.45) is 0 Å². The van der Waals surface area contributed by atoms with Gasteiger partial charge in [0.25, 0.3) is 5.91 Å². The van der Waals surface area contributed by atoms with Crippen molar-refractivity contribution in [1.82, 2.24) is 24.3 Å². The number of hydrogen-bond donors (Lipinski definition) is 2. The van der Waals surface area contributed by atoms with Crippen LogP contribution in [0, 0.1) is 6.92 Å². The van der Waals surface area contributed by atoms with Crippen molar-refractivity contribution in [3.8, 4) is 17.0 Å². The van der Waals surface area contributed by atoms with Crippen molar-refractivity contribution in [1.29, 1.82) is 0 Å². The number of anilines is 2. The number of aromatic nitrogens is 3. The predicted octanol–water partition coefficient (Wildman–Crippen LogP) is 4.90. The fourth-order valence-corrected chi connectivity index (χ4v) is 6.02. The molecular formula is C35H47N7O3. The van der Waals surface area contributed by atoms with Gasteiger partial charge in [0, 0.05) is 54.7 Å². The van der Waals surface area contributed by atoms with Crippen molar-refractivity contribution >= 4 is 28.6 Å². The van der Waals surface area contributed by atoms with E-state index >= 15 is 0 Å². The summed E-state index contributed by atoms with van der Waals surface area (Å²) < 4.78 is 7.44. The van der Waals surface area contributed by atoms with Gasteiger partial charge in [0.15, 0.2) is 0 Å². The van der Waals surface area contributed by atoms with Gasteiger partial charge in [-0.3, -0.25) is 15.1 Å². The van der Waals surface area contributed by atoms with E-state index < -0.39 is 5.60 Å². The Morgan fingerprint density at radius 1 is 1.04 bits per heavy atom. The summed E-state index contributed by atoms with van der Waals surface area (Å²) in [4.78, 5) is 30.3. The van der Waals surface area contributed by atoms with Gasteiger partial charge in [0.2, 0.25) is 5.95 Å². The molecule has 2 aromatic heterocycles. The van der Waals surface area contributed by atoms with Crippen LogP contribution in [0.2, 0.25) is 0 Å². The first-order chi connectivity index (χ1) is 21.4. The third kappa shape index (κ3) is 7.81. The maximum Gasteiger partial charge on any atom is 0.258 e. The van der Waals surface area contributed by atoms with Gasteiger partial charge >= 0.3 is 0 Å². The average Bonchev–Trinajstić information content (AvgIpc) is 3.33. The first kappa shape index (κ1) is 32.4. The molecule has 10 nitrogen and oxygen atoms in total. The molecule has 2 N–H and O–H groups in total. The summed E-state index contributed by atoms with van der Waals surface area (Å²) in [6.45, 7) is 9.73. The van der Waals surface area contributed by atoms with E-state index in [0.717, 1.165) is 61.3 Å². The number of rotatable bonds is 11. The Morgan fingerprint density at radius 3 is 2.47 bits per heavy atom. The van der Waals surface area contributed by atoms with Crippen LogP contribution in [0.3, 0.4) is 0 Å². The summed E-state index contributed by atoms with van der Waals surface area (Å²) in [6.07, 6.45) is 2.21. The second-order valence-corrected chi connectivity index (χ2v) is 13.0. The third-order valence-electron chi connectivity index (χ3n) is 8.45. The number of pyridine rings is 1. The maximum absolute atomic E-state index is 13.7. The van der Waals surface area contributed by atoms with Crippen LogP contribution in [-0.2, 0) is 6.54 Å². The maximum atomic E-state index is 13.7. The molecule has 0 radical (unpaired) electrons. The largest absolute Gasteiger partial charge is 0.496 e. The van der Waals surface area contributed by atoms with Crippen molar-refractivity contribution < 1.29 is 14.6 Å². The van der Waals surface area contributed by atoms with Gasteiger partial charge in [0.05, 0.1) is 36.0 Å². The number of aliphatic hydroxyl groups is 1. The number of nitrogens with zero attached hydrogens (tertiary/aromatic N) is 6. The molecule has 1 aliphatic heterocycles. The van der Waals surface area contributed by atoms with Gasteiger partial charge in [0.1, 0.15) is 5.75 Å². The van der Waals surface area contributed by atoms with E-state index in [2.05, 4.69) is 58.3 Å². The predicted molar refractivity (Wildman–Crippen MR) is 181 cm³/mol. The molecule has 1 aliphatic rings. The van der Waals surface area contributed by atoms with Gasteiger partial charge in [-0.1, -0.05) is 12.1 Å². The van der Waals surface area contributed by atoms with E-state index in [1.54, 1.807) is 33.1 Å². The number of imidazole rings is 1. The number of carbonyl (C=O) groups is 1. The minimum atomic E-state index is -1.02. The Hall–Kier alpha value is -3.99. The van der Waals surface area contributed by atoms with Crippen LogP contribution in [0.15, 0.2) is 54.6 Å². The zero-order chi connectivity index (χ0) is 32.3. The molecule has 1 amide bonds. The van der Waals surface area contributed by atoms with Gasteiger partial charge < -0.3 is 29.1 Å². The monoisotopic (exact) mass is 613 g/mol. The first-order valence-corrected chi connectivity index (χ1v) is 15.7. The number of piperidine rings is 1. The Kier molecular flexibility index (Phi) is 9.76. The molecule has 45 heavy (non-hydrogen) atoms. The average molecular weight is 614 g/mol. The first-order valence-electron chi connectivity index (χ1n) is 15.7. The summed E-state index contributed by atoms with van der Waals surface area (Å²) in [5.41, 5.74) is 4.37. The van der Waals surface area contributed by atoms with Crippen LogP contribution < -0.4 is 15.0 Å². The highest BCUT2D eigenvalue weighted by Gasteiger charge is 2.25. The normalized spacial score (nSPS) is 14.5. The van der Waals surface area contributed by atoms with Crippen LogP contribution in [0.5, 0.6) is 5.75 Å². The molecule has 3 heterocycles. The van der Waals surface area contributed by atoms with Crippen molar-refractivity contribution in [2.45, 2.75) is 51.8 Å². The molecule has 10 heteroatoms. The fourth-order valence-electron chi connectivity index (χ4n) is 6.02. The second-order valence-electron chi connectivity index (χ2n) is 13.0. The summed E-state index contributed by atoms with van der Waals surface area (Å²) in [5.74, 6) is 0.777. The van der Waals surface area contributed by atoms with Crippen molar-refractivity contribution in [3.63, 3.8) is 0 Å².